The zero-order chi connectivity index (χ0) is 16.8. The van der Waals surface area contributed by atoms with E-state index in [1.807, 2.05) is 0 Å². The van der Waals surface area contributed by atoms with Gasteiger partial charge in [-0.05, 0) is 48.9 Å². The Kier molecular flexibility index (Phi) is 5.51. The van der Waals surface area contributed by atoms with Crippen LogP contribution in [0.3, 0.4) is 0 Å². The summed E-state index contributed by atoms with van der Waals surface area (Å²) in [4.78, 5) is 11.8. The predicted molar refractivity (Wildman–Crippen MR) is 81.4 cm³/mol. The molecule has 1 amide bonds. The molecule has 23 heavy (non-hydrogen) atoms. The molecule has 2 aromatic rings. The maximum absolute atomic E-state index is 13.7. The Morgan fingerprint density at radius 3 is 2.48 bits per heavy atom. The molecule has 0 spiro atoms. The highest BCUT2D eigenvalue weighted by molar-refractivity contribution is 5.78. The molecule has 6 heteroatoms. The largest absolute Gasteiger partial charge is 0.494 e. The number of ether oxygens (including phenoxy) is 2. The van der Waals surface area contributed by atoms with Crippen LogP contribution >= 0.6 is 0 Å². The van der Waals surface area contributed by atoms with Crippen LogP contribution in [0.15, 0.2) is 42.5 Å². The van der Waals surface area contributed by atoms with Gasteiger partial charge in [0.1, 0.15) is 11.6 Å². The Morgan fingerprint density at radius 1 is 1.17 bits per heavy atom. The van der Waals surface area contributed by atoms with E-state index in [1.54, 1.807) is 13.0 Å². The van der Waals surface area contributed by atoms with Crippen LogP contribution in [0.2, 0.25) is 0 Å². The quantitative estimate of drug-likeness (QED) is 0.888. The van der Waals surface area contributed by atoms with E-state index in [2.05, 4.69) is 5.32 Å². The molecule has 1 unspecified atom stereocenters. The summed E-state index contributed by atoms with van der Waals surface area (Å²) in [7, 11) is 1.38. The second-order valence-corrected chi connectivity index (χ2v) is 4.93. The first-order valence-corrected chi connectivity index (χ1v) is 7.00. The summed E-state index contributed by atoms with van der Waals surface area (Å²) in [6.45, 7) is 1.52. The van der Waals surface area contributed by atoms with Gasteiger partial charge in [0.25, 0.3) is 5.91 Å². The molecule has 0 saturated carbocycles. The summed E-state index contributed by atoms with van der Waals surface area (Å²) in [5, 5.41) is 2.70. The van der Waals surface area contributed by atoms with Gasteiger partial charge < -0.3 is 14.8 Å². The highest BCUT2D eigenvalue weighted by Gasteiger charge is 2.12. The number of carbonyl (C=O) groups is 1. The molecule has 0 heterocycles. The van der Waals surface area contributed by atoms with Crippen LogP contribution in [0, 0.1) is 11.6 Å². The van der Waals surface area contributed by atoms with Gasteiger partial charge in [-0.15, -0.1) is 0 Å². The molecule has 0 bridgehead atoms. The number of nitrogens with one attached hydrogen (secondary N) is 1. The van der Waals surface area contributed by atoms with Crippen molar-refractivity contribution in [2.75, 3.05) is 13.7 Å². The van der Waals surface area contributed by atoms with Gasteiger partial charge in [0.05, 0.1) is 13.2 Å². The van der Waals surface area contributed by atoms with Crippen molar-refractivity contribution in [1.82, 2.24) is 5.32 Å². The van der Waals surface area contributed by atoms with Crippen LogP contribution < -0.4 is 14.8 Å². The molecule has 2 rings (SSSR count). The zero-order valence-corrected chi connectivity index (χ0v) is 12.8. The normalized spacial score (nSPS) is 11.7. The summed E-state index contributed by atoms with van der Waals surface area (Å²) in [5.74, 6) is -0.694. The predicted octanol–water partition coefficient (Wildman–Crippen LogP) is 3.23. The van der Waals surface area contributed by atoms with Gasteiger partial charge in [0, 0.05) is 0 Å². The summed E-state index contributed by atoms with van der Waals surface area (Å²) in [6.07, 6.45) is 0. The number of hydrogen-bond acceptors (Lipinski definition) is 3. The third-order valence-electron chi connectivity index (χ3n) is 3.24. The average Bonchev–Trinajstić information content (AvgIpc) is 2.54. The zero-order valence-electron chi connectivity index (χ0n) is 12.8. The second kappa shape index (κ2) is 7.58. The number of halogens is 2. The highest BCUT2D eigenvalue weighted by Crippen LogP contribution is 2.21. The number of rotatable bonds is 6. The molecule has 0 aliphatic heterocycles. The molecule has 122 valence electrons. The standard InChI is InChI=1S/C17H17F2NO3/c1-11(12-3-8-16(22-2)15(19)9-12)20-17(21)10-23-14-6-4-13(18)5-7-14/h3-9,11H,10H2,1-2H3,(H,20,21). The lowest BCUT2D eigenvalue weighted by atomic mass is 10.1. The topological polar surface area (TPSA) is 47.6 Å². The molecule has 1 atom stereocenters. The van der Waals surface area contributed by atoms with Crippen LogP contribution in [0.4, 0.5) is 8.78 Å². The van der Waals surface area contributed by atoms with Crippen molar-refractivity contribution in [2.45, 2.75) is 13.0 Å². The molecule has 4 nitrogen and oxygen atoms in total. The molecule has 0 saturated heterocycles. The van der Waals surface area contributed by atoms with Gasteiger partial charge in [-0.25, -0.2) is 8.78 Å². The van der Waals surface area contributed by atoms with E-state index < -0.39 is 5.82 Å². The Morgan fingerprint density at radius 2 is 1.87 bits per heavy atom. The van der Waals surface area contributed by atoms with E-state index in [1.165, 1.54) is 43.5 Å². The van der Waals surface area contributed by atoms with Gasteiger partial charge in [-0.2, -0.15) is 0 Å². The monoisotopic (exact) mass is 321 g/mol. The lowest BCUT2D eigenvalue weighted by molar-refractivity contribution is -0.123. The molecule has 0 radical (unpaired) electrons. The van der Waals surface area contributed by atoms with Crippen molar-refractivity contribution in [3.05, 3.63) is 59.7 Å². The minimum Gasteiger partial charge on any atom is -0.494 e. The van der Waals surface area contributed by atoms with Crippen LogP contribution in [0.25, 0.3) is 0 Å². The SMILES string of the molecule is COc1ccc(C(C)NC(=O)COc2ccc(F)cc2)cc1F. The van der Waals surface area contributed by atoms with E-state index in [0.29, 0.717) is 11.3 Å². The Hall–Kier alpha value is -2.63. The van der Waals surface area contributed by atoms with Crippen molar-refractivity contribution in [3.63, 3.8) is 0 Å². The van der Waals surface area contributed by atoms with E-state index in [0.717, 1.165) is 0 Å². The first kappa shape index (κ1) is 16.7. The van der Waals surface area contributed by atoms with Gasteiger partial charge in [-0.1, -0.05) is 6.07 Å². The fraction of sp³-hybridized carbons (Fsp3) is 0.235. The summed E-state index contributed by atoms with van der Waals surface area (Å²) >= 11 is 0. The molecule has 2 aromatic carbocycles. The minimum absolute atomic E-state index is 0.145. The van der Waals surface area contributed by atoms with Gasteiger partial charge >= 0.3 is 0 Å². The number of hydrogen-bond donors (Lipinski definition) is 1. The summed E-state index contributed by atoms with van der Waals surface area (Å²) in [6, 6.07) is 9.46. The van der Waals surface area contributed by atoms with Crippen LogP contribution in [0.1, 0.15) is 18.5 Å². The van der Waals surface area contributed by atoms with Crippen molar-refractivity contribution < 1.29 is 23.0 Å². The number of carbonyl (C=O) groups excluding carboxylic acids is 1. The van der Waals surface area contributed by atoms with Crippen LogP contribution in [0.5, 0.6) is 11.5 Å². The van der Waals surface area contributed by atoms with Crippen molar-refractivity contribution in [2.24, 2.45) is 0 Å². The first-order valence-electron chi connectivity index (χ1n) is 7.00. The average molecular weight is 321 g/mol. The van der Waals surface area contributed by atoms with E-state index in [9.17, 15) is 13.6 Å². The van der Waals surface area contributed by atoms with E-state index in [4.69, 9.17) is 9.47 Å². The van der Waals surface area contributed by atoms with Gasteiger partial charge in [0.15, 0.2) is 18.2 Å². The number of benzene rings is 2. The van der Waals surface area contributed by atoms with Crippen molar-refractivity contribution in [1.29, 1.82) is 0 Å². The second-order valence-electron chi connectivity index (χ2n) is 4.93. The summed E-state index contributed by atoms with van der Waals surface area (Å²) in [5.41, 5.74) is 0.610. The van der Waals surface area contributed by atoms with Crippen molar-refractivity contribution >= 4 is 5.91 Å². The lowest BCUT2D eigenvalue weighted by Gasteiger charge is -2.15. The maximum Gasteiger partial charge on any atom is 0.258 e. The molecule has 0 aliphatic rings. The number of amides is 1. The molecule has 0 aliphatic carbocycles. The third-order valence-corrected chi connectivity index (χ3v) is 3.24. The summed E-state index contributed by atoms with van der Waals surface area (Å²) < 4.78 is 36.5. The Balaban J connectivity index is 1.89. The molecular weight excluding hydrogens is 304 g/mol. The Labute approximate surface area is 133 Å². The van der Waals surface area contributed by atoms with Gasteiger partial charge in [0.2, 0.25) is 0 Å². The van der Waals surface area contributed by atoms with Crippen LogP contribution in [-0.4, -0.2) is 19.6 Å². The first-order chi connectivity index (χ1) is 11.0. The fourth-order valence-electron chi connectivity index (χ4n) is 2.00. The highest BCUT2D eigenvalue weighted by atomic mass is 19.1. The van der Waals surface area contributed by atoms with E-state index >= 15 is 0 Å². The van der Waals surface area contributed by atoms with Crippen LogP contribution in [-0.2, 0) is 4.79 Å². The van der Waals surface area contributed by atoms with E-state index in [-0.39, 0.29) is 30.1 Å². The molecule has 0 fully saturated rings. The molecule has 0 aromatic heterocycles. The Bertz CT molecular complexity index is 674. The minimum atomic E-state index is -0.492. The smallest absolute Gasteiger partial charge is 0.258 e. The maximum atomic E-state index is 13.7. The van der Waals surface area contributed by atoms with Gasteiger partial charge in [-0.3, -0.25) is 4.79 Å². The lowest BCUT2D eigenvalue weighted by Crippen LogP contribution is -2.31. The third kappa shape index (κ3) is 4.67. The number of methoxy groups -OCH3 is 1. The fourth-order valence-corrected chi connectivity index (χ4v) is 2.00. The molecule has 1 N–H and O–H groups in total. The van der Waals surface area contributed by atoms with Crippen molar-refractivity contribution in [3.8, 4) is 11.5 Å². The molecular formula is C17H17F2NO3.